The third-order valence-electron chi connectivity index (χ3n) is 2.17. The van der Waals surface area contributed by atoms with E-state index in [0.717, 1.165) is 0 Å². The normalized spacial score (nSPS) is 13.4. The molecule has 0 aromatic heterocycles. The molecule has 5 N–H and O–H groups in total. The fourth-order valence-electron chi connectivity index (χ4n) is 1.39. The molecule has 1 atom stereocenters. The third kappa shape index (κ3) is 3.88. The molecule has 0 heterocycles. The van der Waals surface area contributed by atoms with Crippen LogP contribution in [-0.4, -0.2) is 28.2 Å². The lowest BCUT2D eigenvalue weighted by Crippen LogP contribution is -2.22. The predicted octanol–water partition coefficient (Wildman–Crippen LogP) is 0.363. The molecular weight excluding hydrogens is 242 g/mol. The van der Waals surface area contributed by atoms with Crippen molar-refractivity contribution in [3.63, 3.8) is 0 Å². The number of hydrogen-bond acceptors (Lipinski definition) is 5. The van der Waals surface area contributed by atoms with Crippen molar-refractivity contribution in [1.29, 1.82) is 0 Å². The van der Waals surface area contributed by atoms with Crippen LogP contribution in [0, 0.1) is 0 Å². The summed E-state index contributed by atoms with van der Waals surface area (Å²) < 4.78 is 27.4. The standard InChI is InChI=1S/C10H17N3O3S/c1-7(6-16-2)13-10-5-8(17(12,14)15)3-4-9(10)11/h3-5,7,13H,6,11H2,1-2H3,(H2,12,14,15). The first kappa shape index (κ1) is 13.8. The van der Waals surface area contributed by atoms with Gasteiger partial charge in [0.2, 0.25) is 10.0 Å². The summed E-state index contributed by atoms with van der Waals surface area (Å²) in [7, 11) is -2.13. The van der Waals surface area contributed by atoms with E-state index in [1.807, 2.05) is 6.92 Å². The fraction of sp³-hybridized carbons (Fsp3) is 0.400. The van der Waals surface area contributed by atoms with Crippen LogP contribution in [-0.2, 0) is 14.8 Å². The van der Waals surface area contributed by atoms with Gasteiger partial charge in [0, 0.05) is 13.2 Å². The van der Waals surface area contributed by atoms with Crippen LogP contribution in [0.2, 0.25) is 0 Å². The Balaban J connectivity index is 2.99. The Labute approximate surface area is 101 Å². The average molecular weight is 259 g/mol. The van der Waals surface area contributed by atoms with Gasteiger partial charge in [-0.15, -0.1) is 0 Å². The quantitative estimate of drug-likeness (QED) is 0.662. The van der Waals surface area contributed by atoms with Gasteiger partial charge in [0.15, 0.2) is 0 Å². The molecule has 1 aromatic rings. The Morgan fingerprint density at radius 3 is 2.65 bits per heavy atom. The Kier molecular flexibility index (Phi) is 4.33. The van der Waals surface area contributed by atoms with Gasteiger partial charge in [0.25, 0.3) is 0 Å². The molecule has 0 aliphatic heterocycles. The van der Waals surface area contributed by atoms with Gasteiger partial charge in [-0.3, -0.25) is 0 Å². The van der Waals surface area contributed by atoms with E-state index in [1.165, 1.54) is 18.2 Å². The first-order chi connectivity index (χ1) is 7.84. The lowest BCUT2D eigenvalue weighted by molar-refractivity contribution is 0.190. The summed E-state index contributed by atoms with van der Waals surface area (Å²) in [5, 5.41) is 8.10. The SMILES string of the molecule is COCC(C)Nc1cc(S(N)(=O)=O)ccc1N. The molecule has 1 unspecified atom stereocenters. The summed E-state index contributed by atoms with van der Waals surface area (Å²) in [6.45, 7) is 2.38. The van der Waals surface area contributed by atoms with Gasteiger partial charge in [0.05, 0.1) is 22.9 Å². The number of hydrogen-bond donors (Lipinski definition) is 3. The molecule has 0 aliphatic rings. The van der Waals surface area contributed by atoms with Crippen LogP contribution in [0.1, 0.15) is 6.92 Å². The van der Waals surface area contributed by atoms with Crippen LogP contribution in [0.25, 0.3) is 0 Å². The summed E-state index contributed by atoms with van der Waals surface area (Å²) in [4.78, 5) is 0.0267. The van der Waals surface area contributed by atoms with E-state index in [9.17, 15) is 8.42 Å². The van der Waals surface area contributed by atoms with E-state index >= 15 is 0 Å². The predicted molar refractivity (Wildman–Crippen MR) is 67.2 cm³/mol. The Morgan fingerprint density at radius 2 is 2.12 bits per heavy atom. The highest BCUT2D eigenvalue weighted by Crippen LogP contribution is 2.22. The smallest absolute Gasteiger partial charge is 0.238 e. The number of benzene rings is 1. The molecule has 0 aliphatic carbocycles. The number of methoxy groups -OCH3 is 1. The minimum Gasteiger partial charge on any atom is -0.397 e. The summed E-state index contributed by atoms with van der Waals surface area (Å²) in [6.07, 6.45) is 0. The topological polar surface area (TPSA) is 107 Å². The second-order valence-corrected chi connectivity index (χ2v) is 5.36. The Hall–Kier alpha value is -1.31. The van der Waals surface area contributed by atoms with Gasteiger partial charge in [-0.05, 0) is 25.1 Å². The highest BCUT2D eigenvalue weighted by atomic mass is 32.2. The maximum absolute atomic E-state index is 11.2. The van der Waals surface area contributed by atoms with Crippen molar-refractivity contribution in [2.45, 2.75) is 17.9 Å². The number of sulfonamides is 1. The van der Waals surface area contributed by atoms with E-state index in [1.54, 1.807) is 7.11 Å². The number of primary sulfonamides is 1. The van der Waals surface area contributed by atoms with Gasteiger partial charge in [-0.1, -0.05) is 0 Å². The largest absolute Gasteiger partial charge is 0.397 e. The van der Waals surface area contributed by atoms with Crippen LogP contribution >= 0.6 is 0 Å². The minimum atomic E-state index is -3.72. The monoisotopic (exact) mass is 259 g/mol. The number of nitrogens with two attached hydrogens (primary N) is 2. The van der Waals surface area contributed by atoms with Gasteiger partial charge < -0.3 is 15.8 Å². The summed E-state index contributed by atoms with van der Waals surface area (Å²) in [5.74, 6) is 0. The molecule has 7 heteroatoms. The summed E-state index contributed by atoms with van der Waals surface area (Å²) >= 11 is 0. The minimum absolute atomic E-state index is 0.0121. The molecule has 6 nitrogen and oxygen atoms in total. The zero-order valence-electron chi connectivity index (χ0n) is 9.80. The van der Waals surface area contributed by atoms with Crippen LogP contribution in [0.3, 0.4) is 0 Å². The van der Waals surface area contributed by atoms with Crippen molar-refractivity contribution >= 4 is 21.4 Å². The fourth-order valence-corrected chi connectivity index (χ4v) is 1.93. The highest BCUT2D eigenvalue weighted by molar-refractivity contribution is 7.89. The molecule has 96 valence electrons. The molecule has 1 aromatic carbocycles. The van der Waals surface area contributed by atoms with Crippen LogP contribution in [0.15, 0.2) is 23.1 Å². The molecule has 0 saturated heterocycles. The lowest BCUT2D eigenvalue weighted by atomic mass is 10.2. The molecule has 1 rings (SSSR count). The molecule has 0 spiro atoms. The van der Waals surface area contributed by atoms with E-state index < -0.39 is 10.0 Å². The van der Waals surface area contributed by atoms with Crippen molar-refractivity contribution in [2.24, 2.45) is 5.14 Å². The number of rotatable bonds is 5. The van der Waals surface area contributed by atoms with Gasteiger partial charge in [-0.2, -0.15) is 0 Å². The second-order valence-electron chi connectivity index (χ2n) is 3.79. The van der Waals surface area contributed by atoms with Crippen LogP contribution < -0.4 is 16.2 Å². The number of anilines is 2. The molecule has 0 bridgehead atoms. The van der Waals surface area contributed by atoms with Crippen LogP contribution in [0.5, 0.6) is 0 Å². The molecule has 17 heavy (non-hydrogen) atoms. The van der Waals surface area contributed by atoms with Crippen molar-refractivity contribution in [1.82, 2.24) is 0 Å². The number of nitrogens with one attached hydrogen (secondary N) is 1. The summed E-state index contributed by atoms with van der Waals surface area (Å²) in [6, 6.07) is 4.30. The molecular formula is C10H17N3O3S. The third-order valence-corrected chi connectivity index (χ3v) is 3.08. The van der Waals surface area contributed by atoms with E-state index in [0.29, 0.717) is 18.0 Å². The Bertz CT molecular complexity index is 488. The van der Waals surface area contributed by atoms with E-state index in [-0.39, 0.29) is 10.9 Å². The van der Waals surface area contributed by atoms with Gasteiger partial charge in [0.1, 0.15) is 0 Å². The molecule has 0 fully saturated rings. The number of nitrogen functional groups attached to an aromatic ring is 1. The van der Waals surface area contributed by atoms with Crippen molar-refractivity contribution in [2.75, 3.05) is 24.8 Å². The van der Waals surface area contributed by atoms with E-state index in [4.69, 9.17) is 15.6 Å². The van der Waals surface area contributed by atoms with Crippen molar-refractivity contribution < 1.29 is 13.2 Å². The van der Waals surface area contributed by atoms with Gasteiger partial charge in [-0.25, -0.2) is 13.6 Å². The highest BCUT2D eigenvalue weighted by Gasteiger charge is 2.11. The Morgan fingerprint density at radius 1 is 1.47 bits per heavy atom. The molecule has 0 saturated carbocycles. The van der Waals surface area contributed by atoms with E-state index in [2.05, 4.69) is 5.32 Å². The zero-order valence-corrected chi connectivity index (χ0v) is 10.6. The van der Waals surface area contributed by atoms with Crippen molar-refractivity contribution in [3.05, 3.63) is 18.2 Å². The molecule has 0 radical (unpaired) electrons. The van der Waals surface area contributed by atoms with Crippen molar-refractivity contribution in [3.8, 4) is 0 Å². The first-order valence-corrected chi connectivity index (χ1v) is 6.57. The van der Waals surface area contributed by atoms with Gasteiger partial charge >= 0.3 is 0 Å². The maximum atomic E-state index is 11.2. The van der Waals surface area contributed by atoms with Crippen LogP contribution in [0.4, 0.5) is 11.4 Å². The second kappa shape index (κ2) is 5.35. The number of ether oxygens (including phenoxy) is 1. The molecule has 0 amide bonds. The zero-order chi connectivity index (χ0) is 13.1. The maximum Gasteiger partial charge on any atom is 0.238 e. The summed E-state index contributed by atoms with van der Waals surface area (Å²) in [5.41, 5.74) is 6.73. The first-order valence-electron chi connectivity index (χ1n) is 5.02. The average Bonchev–Trinajstić information content (AvgIpc) is 2.20. The lowest BCUT2D eigenvalue weighted by Gasteiger charge is -2.16.